The molecule has 4 aromatic rings. The molecule has 31 heavy (non-hydrogen) atoms. The summed E-state index contributed by atoms with van der Waals surface area (Å²) in [5, 5.41) is 14.2. The van der Waals surface area contributed by atoms with Crippen molar-refractivity contribution in [3.8, 4) is 0 Å². The summed E-state index contributed by atoms with van der Waals surface area (Å²) in [6.45, 7) is 1.44. The first kappa shape index (κ1) is 19.8. The maximum atomic E-state index is 11.9. The Balaban J connectivity index is 1.67. The number of aromatic nitrogens is 4. The van der Waals surface area contributed by atoms with Gasteiger partial charge in [0.05, 0.1) is 11.2 Å². The number of carbonyl (C=O) groups is 2. The van der Waals surface area contributed by atoms with Gasteiger partial charge in [-0.3, -0.25) is 14.3 Å². The Morgan fingerprint density at radius 3 is 2.61 bits per heavy atom. The summed E-state index contributed by atoms with van der Waals surface area (Å²) in [4.78, 5) is 31.8. The molecule has 10 nitrogen and oxygen atoms in total. The van der Waals surface area contributed by atoms with Gasteiger partial charge in [-0.2, -0.15) is 10.1 Å². The summed E-state index contributed by atoms with van der Waals surface area (Å²) < 4.78 is 1.71. The Bertz CT molecular complexity index is 1300. The third kappa shape index (κ3) is 4.42. The van der Waals surface area contributed by atoms with Crippen LogP contribution in [0.15, 0.2) is 54.9 Å². The van der Waals surface area contributed by atoms with Gasteiger partial charge < -0.3 is 21.7 Å². The van der Waals surface area contributed by atoms with Crippen LogP contribution in [0.4, 0.5) is 28.8 Å². The molecule has 2 heterocycles. The topological polar surface area (TPSA) is 140 Å². The molecule has 0 aliphatic heterocycles. The lowest BCUT2D eigenvalue weighted by atomic mass is 10.2. The number of rotatable bonds is 6. The number of hydrogen-bond acceptors (Lipinski definition) is 7. The molecule has 4 rings (SSSR count). The van der Waals surface area contributed by atoms with Gasteiger partial charge in [0, 0.05) is 43.1 Å². The molecular formula is C21H20N8O2. The Labute approximate surface area is 177 Å². The summed E-state index contributed by atoms with van der Waals surface area (Å²) in [6.07, 6.45) is 3.23. The molecule has 0 atom stereocenters. The second-order valence-corrected chi connectivity index (χ2v) is 6.87. The molecule has 156 valence electrons. The molecule has 5 N–H and O–H groups in total. The predicted octanol–water partition coefficient (Wildman–Crippen LogP) is 2.91. The summed E-state index contributed by atoms with van der Waals surface area (Å²) >= 11 is 0. The van der Waals surface area contributed by atoms with E-state index in [1.807, 2.05) is 31.4 Å². The van der Waals surface area contributed by atoms with Gasteiger partial charge in [0.15, 0.2) is 0 Å². The van der Waals surface area contributed by atoms with Crippen molar-refractivity contribution in [1.29, 1.82) is 0 Å². The predicted molar refractivity (Wildman–Crippen MR) is 119 cm³/mol. The zero-order chi connectivity index (χ0) is 22.0. The van der Waals surface area contributed by atoms with Crippen LogP contribution in [-0.4, -0.2) is 31.6 Å². The van der Waals surface area contributed by atoms with Gasteiger partial charge in [-0.1, -0.05) is 12.1 Å². The SMILES string of the molecule is CC(=O)Nc1cccc(Nc2ncc(C(N)=O)c(Nc3cccc4nn(C)cc34)n2)c1. The van der Waals surface area contributed by atoms with Crippen LogP contribution in [0.5, 0.6) is 0 Å². The van der Waals surface area contributed by atoms with E-state index in [1.165, 1.54) is 13.1 Å². The lowest BCUT2D eigenvalue weighted by Gasteiger charge is -2.12. The minimum Gasteiger partial charge on any atom is -0.365 e. The zero-order valence-corrected chi connectivity index (χ0v) is 16.9. The van der Waals surface area contributed by atoms with E-state index in [0.29, 0.717) is 11.4 Å². The second-order valence-electron chi connectivity index (χ2n) is 6.87. The number of carbonyl (C=O) groups excluding carboxylic acids is 2. The van der Waals surface area contributed by atoms with Gasteiger partial charge in [-0.25, -0.2) is 4.98 Å². The molecule has 0 aliphatic carbocycles. The normalized spacial score (nSPS) is 10.6. The average molecular weight is 416 g/mol. The van der Waals surface area contributed by atoms with Crippen molar-refractivity contribution in [3.63, 3.8) is 0 Å². The Morgan fingerprint density at radius 1 is 1.06 bits per heavy atom. The van der Waals surface area contributed by atoms with Crippen molar-refractivity contribution in [3.05, 3.63) is 60.4 Å². The molecule has 0 unspecified atom stereocenters. The first-order valence-electron chi connectivity index (χ1n) is 9.40. The van der Waals surface area contributed by atoms with Crippen LogP contribution in [0, 0.1) is 0 Å². The Kier molecular flexibility index (Phi) is 5.19. The molecule has 0 fully saturated rings. The van der Waals surface area contributed by atoms with Gasteiger partial charge in [0.1, 0.15) is 11.4 Å². The molecule has 0 saturated carbocycles. The lowest BCUT2D eigenvalue weighted by Crippen LogP contribution is -2.15. The number of anilines is 5. The van der Waals surface area contributed by atoms with Crippen LogP contribution in [0.1, 0.15) is 17.3 Å². The van der Waals surface area contributed by atoms with Crippen molar-refractivity contribution in [2.75, 3.05) is 16.0 Å². The van der Waals surface area contributed by atoms with E-state index in [4.69, 9.17) is 5.73 Å². The van der Waals surface area contributed by atoms with E-state index in [2.05, 4.69) is 31.0 Å². The van der Waals surface area contributed by atoms with Crippen LogP contribution in [0.25, 0.3) is 10.9 Å². The average Bonchev–Trinajstić information content (AvgIpc) is 3.09. The smallest absolute Gasteiger partial charge is 0.254 e. The van der Waals surface area contributed by atoms with Gasteiger partial charge in [-0.05, 0) is 30.3 Å². The fourth-order valence-electron chi connectivity index (χ4n) is 3.12. The maximum absolute atomic E-state index is 11.9. The van der Waals surface area contributed by atoms with Crippen LogP contribution in [0.3, 0.4) is 0 Å². The summed E-state index contributed by atoms with van der Waals surface area (Å²) in [5.41, 5.74) is 8.50. The number of primary amides is 1. The van der Waals surface area contributed by atoms with Crippen LogP contribution in [-0.2, 0) is 11.8 Å². The molecular weight excluding hydrogens is 396 g/mol. The molecule has 2 aromatic heterocycles. The quantitative estimate of drug-likeness (QED) is 0.379. The van der Waals surface area contributed by atoms with Gasteiger partial charge in [0.2, 0.25) is 11.9 Å². The van der Waals surface area contributed by atoms with Crippen molar-refractivity contribution >= 4 is 51.5 Å². The highest BCUT2D eigenvalue weighted by molar-refractivity contribution is 6.00. The number of benzene rings is 2. The highest BCUT2D eigenvalue weighted by atomic mass is 16.1. The Morgan fingerprint density at radius 2 is 1.84 bits per heavy atom. The second kappa shape index (κ2) is 8.11. The highest BCUT2D eigenvalue weighted by Gasteiger charge is 2.14. The van der Waals surface area contributed by atoms with Crippen LogP contribution in [0.2, 0.25) is 0 Å². The van der Waals surface area contributed by atoms with Gasteiger partial charge in [-0.15, -0.1) is 0 Å². The third-order valence-electron chi connectivity index (χ3n) is 4.41. The molecule has 0 spiro atoms. The van der Waals surface area contributed by atoms with Crippen LogP contribution < -0.4 is 21.7 Å². The number of aryl methyl sites for hydroxylation is 1. The standard InChI is InChI=1S/C21H20N8O2/c1-12(30)24-13-5-3-6-14(9-13)25-21-23-10-15(19(22)31)20(27-21)26-17-7-4-8-18-16(17)11-29(2)28-18/h3-11H,1-2H3,(H2,22,31)(H,24,30)(H2,23,25,26,27). The first-order chi connectivity index (χ1) is 14.9. The van der Waals surface area contributed by atoms with E-state index in [0.717, 1.165) is 16.6 Å². The summed E-state index contributed by atoms with van der Waals surface area (Å²) in [5.74, 6) is -0.305. The Hall–Kier alpha value is -4.47. The molecule has 10 heteroatoms. The van der Waals surface area contributed by atoms with E-state index in [1.54, 1.807) is 28.9 Å². The van der Waals surface area contributed by atoms with E-state index >= 15 is 0 Å². The van der Waals surface area contributed by atoms with Crippen LogP contribution >= 0.6 is 0 Å². The van der Waals surface area contributed by atoms with E-state index in [-0.39, 0.29) is 23.2 Å². The minimum absolute atomic E-state index is 0.151. The first-order valence-corrected chi connectivity index (χ1v) is 9.40. The van der Waals surface area contributed by atoms with Crippen molar-refractivity contribution in [2.24, 2.45) is 12.8 Å². The number of nitrogens with one attached hydrogen (secondary N) is 3. The minimum atomic E-state index is -0.653. The summed E-state index contributed by atoms with van der Waals surface area (Å²) in [6, 6.07) is 12.7. The van der Waals surface area contributed by atoms with E-state index in [9.17, 15) is 9.59 Å². The van der Waals surface area contributed by atoms with Crippen molar-refractivity contribution < 1.29 is 9.59 Å². The van der Waals surface area contributed by atoms with Crippen molar-refractivity contribution in [2.45, 2.75) is 6.92 Å². The number of hydrogen-bond donors (Lipinski definition) is 4. The number of amides is 2. The van der Waals surface area contributed by atoms with Gasteiger partial charge >= 0.3 is 0 Å². The molecule has 0 radical (unpaired) electrons. The largest absolute Gasteiger partial charge is 0.365 e. The number of nitrogens with two attached hydrogens (primary N) is 1. The fraction of sp³-hybridized carbons (Fsp3) is 0.0952. The molecule has 0 bridgehead atoms. The summed E-state index contributed by atoms with van der Waals surface area (Å²) in [7, 11) is 1.83. The number of fused-ring (bicyclic) bond motifs is 1. The highest BCUT2D eigenvalue weighted by Crippen LogP contribution is 2.27. The maximum Gasteiger partial charge on any atom is 0.254 e. The monoisotopic (exact) mass is 416 g/mol. The molecule has 2 aromatic carbocycles. The zero-order valence-electron chi connectivity index (χ0n) is 16.9. The number of nitrogens with zero attached hydrogens (tertiary/aromatic N) is 4. The van der Waals surface area contributed by atoms with E-state index < -0.39 is 5.91 Å². The third-order valence-corrected chi connectivity index (χ3v) is 4.41. The fourth-order valence-corrected chi connectivity index (χ4v) is 3.12. The molecule has 0 saturated heterocycles. The van der Waals surface area contributed by atoms with Gasteiger partial charge in [0.25, 0.3) is 5.91 Å². The molecule has 0 aliphatic rings. The van der Waals surface area contributed by atoms with Crippen molar-refractivity contribution in [1.82, 2.24) is 19.7 Å². The lowest BCUT2D eigenvalue weighted by molar-refractivity contribution is -0.114. The molecule has 2 amide bonds.